The van der Waals surface area contributed by atoms with Crippen LogP contribution in [0.2, 0.25) is 0 Å². The number of hydrogen-bond donors (Lipinski definition) is 1. The summed E-state index contributed by atoms with van der Waals surface area (Å²) in [5, 5.41) is 0. The second kappa shape index (κ2) is 2.73. The van der Waals surface area contributed by atoms with Crippen LogP contribution in [0.3, 0.4) is 0 Å². The van der Waals surface area contributed by atoms with E-state index < -0.39 is 0 Å². The van der Waals surface area contributed by atoms with Gasteiger partial charge in [-0.1, -0.05) is 0 Å². The molecule has 0 amide bonds. The molecule has 11 heavy (non-hydrogen) atoms. The van der Waals surface area contributed by atoms with Crippen LogP contribution in [0.25, 0.3) is 0 Å². The smallest absolute Gasteiger partial charge is 0.0239 e. The zero-order valence-corrected chi connectivity index (χ0v) is 7.16. The molecule has 0 spiro atoms. The summed E-state index contributed by atoms with van der Waals surface area (Å²) in [5.41, 5.74) is 5.88. The lowest BCUT2D eigenvalue weighted by atomic mass is 10.1. The summed E-state index contributed by atoms with van der Waals surface area (Å²) in [6.45, 7) is 4.77. The Morgan fingerprint density at radius 1 is 1.27 bits per heavy atom. The van der Waals surface area contributed by atoms with Gasteiger partial charge in [-0.05, 0) is 13.5 Å². The van der Waals surface area contributed by atoms with Crippen molar-refractivity contribution in [3.8, 4) is 0 Å². The molecule has 2 N–H and O–H groups in total. The first-order valence-electron chi connectivity index (χ1n) is 4.44. The third-order valence-corrected chi connectivity index (χ3v) is 2.85. The molecule has 0 saturated carbocycles. The van der Waals surface area contributed by atoms with E-state index in [-0.39, 0.29) is 0 Å². The molecule has 3 nitrogen and oxygen atoms in total. The number of piperazine rings is 1. The van der Waals surface area contributed by atoms with Gasteiger partial charge in [-0.15, -0.1) is 0 Å². The third-order valence-electron chi connectivity index (χ3n) is 2.85. The highest BCUT2D eigenvalue weighted by Crippen LogP contribution is 2.19. The van der Waals surface area contributed by atoms with Crippen molar-refractivity contribution >= 4 is 0 Å². The van der Waals surface area contributed by atoms with Crippen molar-refractivity contribution in [3.05, 3.63) is 0 Å². The summed E-state index contributed by atoms with van der Waals surface area (Å²) in [6.07, 6.45) is 1.20. The minimum absolute atomic E-state index is 0.437. The first kappa shape index (κ1) is 7.53. The molecular formula is C8H17N3. The molecular weight excluding hydrogens is 138 g/mol. The zero-order chi connectivity index (χ0) is 7.84. The standard InChI is InChI=1S/C8H17N3/c1-10-2-3-11-5-7(9)4-8(11)6-10/h7-8H,2-6,9H2,1H3. The van der Waals surface area contributed by atoms with Gasteiger partial charge in [-0.3, -0.25) is 4.90 Å². The Kier molecular flexibility index (Phi) is 1.87. The fourth-order valence-electron chi connectivity index (χ4n) is 2.24. The van der Waals surface area contributed by atoms with Gasteiger partial charge in [0.1, 0.15) is 0 Å². The monoisotopic (exact) mass is 155 g/mol. The van der Waals surface area contributed by atoms with Crippen LogP contribution in [-0.4, -0.2) is 55.1 Å². The van der Waals surface area contributed by atoms with E-state index in [2.05, 4.69) is 16.8 Å². The summed E-state index contributed by atoms with van der Waals surface area (Å²) >= 11 is 0. The minimum Gasteiger partial charge on any atom is -0.326 e. The molecule has 0 aromatic rings. The average Bonchev–Trinajstić information content (AvgIpc) is 2.27. The Bertz CT molecular complexity index is 148. The molecule has 64 valence electrons. The number of nitrogens with zero attached hydrogens (tertiary/aromatic N) is 2. The number of hydrogen-bond acceptors (Lipinski definition) is 3. The molecule has 2 unspecified atom stereocenters. The van der Waals surface area contributed by atoms with Gasteiger partial charge in [-0.25, -0.2) is 0 Å². The summed E-state index contributed by atoms with van der Waals surface area (Å²) in [6, 6.07) is 1.19. The Morgan fingerprint density at radius 3 is 2.91 bits per heavy atom. The van der Waals surface area contributed by atoms with Crippen molar-refractivity contribution in [3.63, 3.8) is 0 Å². The molecule has 2 atom stereocenters. The van der Waals surface area contributed by atoms with Crippen molar-refractivity contribution < 1.29 is 0 Å². The van der Waals surface area contributed by atoms with Crippen LogP contribution in [0, 0.1) is 0 Å². The second-order valence-electron chi connectivity index (χ2n) is 3.91. The van der Waals surface area contributed by atoms with Crippen LogP contribution in [0.1, 0.15) is 6.42 Å². The fraction of sp³-hybridized carbons (Fsp3) is 1.00. The number of fused-ring (bicyclic) bond motifs is 1. The van der Waals surface area contributed by atoms with E-state index in [1.165, 1.54) is 26.1 Å². The highest BCUT2D eigenvalue weighted by atomic mass is 15.3. The molecule has 0 bridgehead atoms. The van der Waals surface area contributed by atoms with E-state index in [1.54, 1.807) is 0 Å². The number of likely N-dealkylation sites (N-methyl/N-ethyl adjacent to an activating group) is 1. The molecule has 2 aliphatic rings. The van der Waals surface area contributed by atoms with Gasteiger partial charge in [0.15, 0.2) is 0 Å². The van der Waals surface area contributed by atoms with Crippen LogP contribution in [0.5, 0.6) is 0 Å². The van der Waals surface area contributed by atoms with Crippen molar-refractivity contribution in [2.24, 2.45) is 5.73 Å². The van der Waals surface area contributed by atoms with Crippen molar-refractivity contribution in [1.82, 2.24) is 9.80 Å². The molecule has 0 aliphatic carbocycles. The summed E-state index contributed by atoms with van der Waals surface area (Å²) in [7, 11) is 2.20. The maximum atomic E-state index is 5.88. The van der Waals surface area contributed by atoms with Gasteiger partial charge < -0.3 is 10.6 Å². The van der Waals surface area contributed by atoms with Crippen LogP contribution in [-0.2, 0) is 0 Å². The van der Waals surface area contributed by atoms with Crippen molar-refractivity contribution in [1.29, 1.82) is 0 Å². The van der Waals surface area contributed by atoms with E-state index in [1.807, 2.05) is 0 Å². The summed E-state index contributed by atoms with van der Waals surface area (Å²) in [5.74, 6) is 0. The van der Waals surface area contributed by atoms with E-state index in [9.17, 15) is 0 Å². The van der Waals surface area contributed by atoms with Crippen LogP contribution in [0.4, 0.5) is 0 Å². The third kappa shape index (κ3) is 1.41. The molecule has 3 heteroatoms. The zero-order valence-electron chi connectivity index (χ0n) is 7.16. The second-order valence-corrected chi connectivity index (χ2v) is 3.91. The Balaban J connectivity index is 1.97. The Morgan fingerprint density at radius 2 is 2.09 bits per heavy atom. The van der Waals surface area contributed by atoms with Gasteiger partial charge in [-0.2, -0.15) is 0 Å². The predicted octanol–water partition coefficient (Wildman–Crippen LogP) is -0.667. The Hall–Kier alpha value is -0.120. The van der Waals surface area contributed by atoms with E-state index in [4.69, 9.17) is 5.73 Å². The van der Waals surface area contributed by atoms with Gasteiger partial charge in [0.2, 0.25) is 0 Å². The lowest BCUT2D eigenvalue weighted by Crippen LogP contribution is -2.48. The van der Waals surface area contributed by atoms with Crippen LogP contribution >= 0.6 is 0 Å². The van der Waals surface area contributed by atoms with E-state index >= 15 is 0 Å². The van der Waals surface area contributed by atoms with Gasteiger partial charge in [0, 0.05) is 38.3 Å². The maximum Gasteiger partial charge on any atom is 0.0239 e. The normalized spacial score (nSPS) is 40.9. The molecule has 2 fully saturated rings. The molecule has 0 radical (unpaired) electrons. The largest absolute Gasteiger partial charge is 0.326 e. The summed E-state index contributed by atoms with van der Waals surface area (Å²) < 4.78 is 0. The molecule has 0 aromatic carbocycles. The highest BCUT2D eigenvalue weighted by Gasteiger charge is 2.32. The lowest BCUT2D eigenvalue weighted by Gasteiger charge is -2.35. The van der Waals surface area contributed by atoms with E-state index in [0.29, 0.717) is 6.04 Å². The van der Waals surface area contributed by atoms with Crippen LogP contribution < -0.4 is 5.73 Å². The molecule has 2 rings (SSSR count). The molecule has 2 heterocycles. The number of rotatable bonds is 0. The van der Waals surface area contributed by atoms with Crippen molar-refractivity contribution in [2.75, 3.05) is 33.2 Å². The minimum atomic E-state index is 0.437. The molecule has 0 aromatic heterocycles. The molecule has 2 saturated heterocycles. The maximum absolute atomic E-state index is 5.88. The quantitative estimate of drug-likeness (QED) is 0.504. The number of nitrogens with two attached hydrogens (primary N) is 1. The van der Waals surface area contributed by atoms with Gasteiger partial charge >= 0.3 is 0 Å². The first-order chi connectivity index (χ1) is 5.25. The fourth-order valence-corrected chi connectivity index (χ4v) is 2.24. The highest BCUT2D eigenvalue weighted by molar-refractivity contribution is 4.91. The SMILES string of the molecule is CN1CCN2CC(N)CC2C1. The molecule has 2 aliphatic heterocycles. The Labute approximate surface area is 68.1 Å². The van der Waals surface area contributed by atoms with Crippen LogP contribution in [0.15, 0.2) is 0 Å². The van der Waals surface area contributed by atoms with Crippen molar-refractivity contribution in [2.45, 2.75) is 18.5 Å². The topological polar surface area (TPSA) is 32.5 Å². The summed E-state index contributed by atoms with van der Waals surface area (Å²) in [4.78, 5) is 4.93. The predicted molar refractivity (Wildman–Crippen MR) is 45.5 cm³/mol. The van der Waals surface area contributed by atoms with Gasteiger partial charge in [0.25, 0.3) is 0 Å². The van der Waals surface area contributed by atoms with E-state index in [0.717, 1.165) is 12.6 Å². The first-order valence-corrected chi connectivity index (χ1v) is 4.44. The lowest BCUT2D eigenvalue weighted by molar-refractivity contribution is 0.124. The van der Waals surface area contributed by atoms with Gasteiger partial charge in [0.05, 0.1) is 0 Å². The average molecular weight is 155 g/mol.